The van der Waals surface area contributed by atoms with Gasteiger partial charge in [0.05, 0.1) is 11.9 Å². The first-order valence-electron chi connectivity index (χ1n) is 4.81. The lowest BCUT2D eigenvalue weighted by Crippen LogP contribution is -1.91. The predicted octanol–water partition coefficient (Wildman–Crippen LogP) is 3.69. The first kappa shape index (κ1) is 12.0. The smallest absolute Gasteiger partial charge is 0.203 e. The van der Waals surface area contributed by atoms with Gasteiger partial charge < -0.3 is 0 Å². The quantitative estimate of drug-likeness (QED) is 0.682. The average molecular weight is 270 g/mol. The van der Waals surface area contributed by atoms with E-state index in [4.69, 9.17) is 11.6 Å². The van der Waals surface area contributed by atoms with Gasteiger partial charge in [0.1, 0.15) is 5.82 Å². The zero-order valence-corrected chi connectivity index (χ0v) is 10.5. The molecule has 0 aliphatic carbocycles. The van der Waals surface area contributed by atoms with Gasteiger partial charge >= 0.3 is 0 Å². The largest absolute Gasteiger partial charge is 0.253 e. The number of thiazole rings is 1. The standard InChI is InChI=1S/C11H9ClFN3S/c1-7-6-17-11(15-7)16-14-5-8-4-9(13)2-3-10(8)12/h2-6H,1H3,(H,15,16). The Morgan fingerprint density at radius 3 is 3.06 bits per heavy atom. The summed E-state index contributed by atoms with van der Waals surface area (Å²) in [5.41, 5.74) is 4.20. The molecule has 0 amide bonds. The SMILES string of the molecule is Cc1csc(NN=Cc2cc(F)ccc2Cl)n1. The van der Waals surface area contributed by atoms with Crippen LogP contribution in [-0.4, -0.2) is 11.2 Å². The lowest BCUT2D eigenvalue weighted by Gasteiger charge is -1.97. The third kappa shape index (κ3) is 3.25. The third-order valence-electron chi connectivity index (χ3n) is 1.94. The van der Waals surface area contributed by atoms with E-state index in [1.165, 1.54) is 35.8 Å². The lowest BCUT2D eigenvalue weighted by molar-refractivity contribution is 0.627. The number of hydrogen-bond donors (Lipinski definition) is 1. The molecule has 17 heavy (non-hydrogen) atoms. The topological polar surface area (TPSA) is 37.3 Å². The summed E-state index contributed by atoms with van der Waals surface area (Å²) in [5.74, 6) is -0.346. The molecule has 0 bridgehead atoms. The van der Waals surface area contributed by atoms with E-state index in [1.807, 2.05) is 12.3 Å². The molecule has 2 rings (SSSR count). The van der Waals surface area contributed by atoms with E-state index in [0.717, 1.165) is 5.69 Å². The van der Waals surface area contributed by atoms with Crippen LogP contribution in [0.4, 0.5) is 9.52 Å². The normalized spacial score (nSPS) is 11.0. The fourth-order valence-corrected chi connectivity index (χ4v) is 1.98. The Morgan fingerprint density at radius 2 is 2.35 bits per heavy atom. The van der Waals surface area contributed by atoms with Crippen LogP contribution in [0.25, 0.3) is 0 Å². The van der Waals surface area contributed by atoms with Crippen LogP contribution >= 0.6 is 22.9 Å². The van der Waals surface area contributed by atoms with Crippen LogP contribution in [0.5, 0.6) is 0 Å². The summed E-state index contributed by atoms with van der Waals surface area (Å²) in [6.45, 7) is 1.90. The van der Waals surface area contributed by atoms with Crippen molar-refractivity contribution in [3.8, 4) is 0 Å². The molecule has 88 valence electrons. The van der Waals surface area contributed by atoms with E-state index in [1.54, 1.807) is 0 Å². The minimum absolute atomic E-state index is 0.346. The molecule has 1 heterocycles. The maximum atomic E-state index is 12.9. The Labute approximate surface area is 107 Å². The minimum Gasteiger partial charge on any atom is -0.253 e. The molecule has 0 spiro atoms. The summed E-state index contributed by atoms with van der Waals surface area (Å²) in [5, 5.41) is 7.00. The average Bonchev–Trinajstić information content (AvgIpc) is 2.69. The second-order valence-electron chi connectivity index (χ2n) is 3.33. The first-order chi connectivity index (χ1) is 8.15. The third-order valence-corrected chi connectivity index (χ3v) is 3.15. The monoisotopic (exact) mass is 269 g/mol. The fraction of sp³-hybridized carbons (Fsp3) is 0.0909. The summed E-state index contributed by atoms with van der Waals surface area (Å²) in [6, 6.07) is 4.11. The van der Waals surface area contributed by atoms with Gasteiger partial charge in [0.15, 0.2) is 0 Å². The summed E-state index contributed by atoms with van der Waals surface area (Å²) >= 11 is 7.33. The van der Waals surface area contributed by atoms with Gasteiger partial charge in [-0.2, -0.15) is 5.10 Å². The van der Waals surface area contributed by atoms with Crippen molar-refractivity contribution in [1.29, 1.82) is 0 Å². The number of aryl methyl sites for hydroxylation is 1. The number of hydrogen-bond acceptors (Lipinski definition) is 4. The van der Waals surface area contributed by atoms with Gasteiger partial charge in [-0.15, -0.1) is 11.3 Å². The molecule has 1 aromatic heterocycles. The number of hydrazone groups is 1. The van der Waals surface area contributed by atoms with E-state index in [0.29, 0.717) is 15.7 Å². The van der Waals surface area contributed by atoms with E-state index < -0.39 is 0 Å². The Bertz CT molecular complexity index is 553. The molecule has 0 saturated heterocycles. The zero-order chi connectivity index (χ0) is 12.3. The molecular weight excluding hydrogens is 261 g/mol. The van der Waals surface area contributed by atoms with Gasteiger partial charge in [-0.1, -0.05) is 11.6 Å². The van der Waals surface area contributed by atoms with E-state index >= 15 is 0 Å². The maximum Gasteiger partial charge on any atom is 0.203 e. The Morgan fingerprint density at radius 1 is 1.53 bits per heavy atom. The number of rotatable bonds is 3. The number of benzene rings is 1. The molecule has 2 aromatic rings. The molecule has 0 atom stereocenters. The molecule has 0 saturated carbocycles. The van der Waals surface area contributed by atoms with Crippen LogP contribution in [0.2, 0.25) is 5.02 Å². The Balaban J connectivity index is 2.07. The molecule has 0 aliphatic heterocycles. The maximum absolute atomic E-state index is 12.9. The van der Waals surface area contributed by atoms with Crippen molar-refractivity contribution in [3.05, 3.63) is 45.7 Å². The molecule has 1 aromatic carbocycles. The van der Waals surface area contributed by atoms with Crippen molar-refractivity contribution in [2.75, 3.05) is 5.43 Å². The first-order valence-corrected chi connectivity index (χ1v) is 6.07. The molecule has 1 N–H and O–H groups in total. The van der Waals surface area contributed by atoms with Gasteiger partial charge in [0.2, 0.25) is 5.13 Å². The second-order valence-corrected chi connectivity index (χ2v) is 4.60. The number of nitrogens with one attached hydrogen (secondary N) is 1. The van der Waals surface area contributed by atoms with Gasteiger partial charge in [-0.05, 0) is 25.1 Å². The van der Waals surface area contributed by atoms with E-state index in [2.05, 4.69) is 15.5 Å². The van der Waals surface area contributed by atoms with Gasteiger partial charge in [-0.3, -0.25) is 5.43 Å². The van der Waals surface area contributed by atoms with Gasteiger partial charge in [0, 0.05) is 16.0 Å². The van der Waals surface area contributed by atoms with Crippen LogP contribution in [0.15, 0.2) is 28.7 Å². The van der Waals surface area contributed by atoms with Crippen LogP contribution in [0, 0.1) is 12.7 Å². The Kier molecular flexibility index (Phi) is 3.71. The van der Waals surface area contributed by atoms with Crippen LogP contribution in [-0.2, 0) is 0 Å². The van der Waals surface area contributed by atoms with Crippen LogP contribution in [0.1, 0.15) is 11.3 Å². The Hall–Kier alpha value is -1.46. The molecule has 0 fully saturated rings. The second kappa shape index (κ2) is 5.25. The molecule has 0 radical (unpaired) electrons. The van der Waals surface area contributed by atoms with Crippen LogP contribution < -0.4 is 5.43 Å². The van der Waals surface area contributed by atoms with Crippen molar-refractivity contribution in [3.63, 3.8) is 0 Å². The zero-order valence-electron chi connectivity index (χ0n) is 8.95. The van der Waals surface area contributed by atoms with E-state index in [9.17, 15) is 4.39 Å². The fourth-order valence-electron chi connectivity index (χ4n) is 1.18. The van der Waals surface area contributed by atoms with Crippen LogP contribution in [0.3, 0.4) is 0 Å². The van der Waals surface area contributed by atoms with Gasteiger partial charge in [-0.25, -0.2) is 9.37 Å². The number of aromatic nitrogens is 1. The van der Waals surface area contributed by atoms with E-state index in [-0.39, 0.29) is 5.82 Å². The molecule has 3 nitrogen and oxygen atoms in total. The highest BCUT2D eigenvalue weighted by Gasteiger charge is 1.99. The summed E-state index contributed by atoms with van der Waals surface area (Å²) in [7, 11) is 0. The lowest BCUT2D eigenvalue weighted by atomic mass is 10.2. The number of halogens is 2. The highest BCUT2D eigenvalue weighted by Crippen LogP contribution is 2.16. The van der Waals surface area contributed by atoms with Crippen molar-refractivity contribution in [1.82, 2.24) is 4.98 Å². The molecule has 6 heteroatoms. The highest BCUT2D eigenvalue weighted by atomic mass is 35.5. The number of anilines is 1. The molecule has 0 aliphatic rings. The minimum atomic E-state index is -0.346. The summed E-state index contributed by atoms with van der Waals surface area (Å²) in [4.78, 5) is 4.17. The summed E-state index contributed by atoms with van der Waals surface area (Å²) < 4.78 is 12.9. The number of nitrogens with zero attached hydrogens (tertiary/aromatic N) is 2. The molecule has 0 unspecified atom stereocenters. The van der Waals surface area contributed by atoms with Crippen molar-refractivity contribution in [2.45, 2.75) is 6.92 Å². The van der Waals surface area contributed by atoms with Gasteiger partial charge in [0.25, 0.3) is 0 Å². The molecular formula is C11H9ClFN3S. The predicted molar refractivity (Wildman–Crippen MR) is 69.5 cm³/mol. The van der Waals surface area contributed by atoms with Crippen molar-refractivity contribution in [2.24, 2.45) is 5.10 Å². The summed E-state index contributed by atoms with van der Waals surface area (Å²) in [6.07, 6.45) is 1.46. The van der Waals surface area contributed by atoms with Crippen molar-refractivity contribution < 1.29 is 4.39 Å². The van der Waals surface area contributed by atoms with Crippen molar-refractivity contribution >= 4 is 34.3 Å². The highest BCUT2D eigenvalue weighted by molar-refractivity contribution is 7.13.